The van der Waals surface area contributed by atoms with Gasteiger partial charge in [0.2, 0.25) is 0 Å². The van der Waals surface area contributed by atoms with Crippen molar-refractivity contribution in [1.82, 2.24) is 9.91 Å². The van der Waals surface area contributed by atoms with Crippen LogP contribution in [0, 0.1) is 10.1 Å². The largest absolute Gasteiger partial charge is 0.294 e. The predicted molar refractivity (Wildman–Crippen MR) is 127 cm³/mol. The van der Waals surface area contributed by atoms with Crippen LogP contribution in [0.4, 0.5) is 5.69 Å². The summed E-state index contributed by atoms with van der Waals surface area (Å²) < 4.78 is 0. The molecule has 0 radical (unpaired) electrons. The van der Waals surface area contributed by atoms with E-state index in [2.05, 4.69) is 63.5 Å². The Kier molecular flexibility index (Phi) is 5.52. The van der Waals surface area contributed by atoms with E-state index in [0.717, 1.165) is 26.2 Å². The molecule has 1 fully saturated rings. The maximum absolute atomic E-state index is 11.1. The molecule has 1 saturated heterocycles. The zero-order valence-electron chi connectivity index (χ0n) is 17.7. The van der Waals surface area contributed by atoms with Crippen LogP contribution in [0.5, 0.6) is 0 Å². The average molecular weight is 425 g/mol. The van der Waals surface area contributed by atoms with Crippen LogP contribution in [0.2, 0.25) is 0 Å². The molecular formula is C26H24N4O2. The van der Waals surface area contributed by atoms with Gasteiger partial charge in [-0.3, -0.25) is 20.0 Å². The summed E-state index contributed by atoms with van der Waals surface area (Å²) in [4.78, 5) is 13.3. The Hall–Kier alpha value is -3.77. The summed E-state index contributed by atoms with van der Waals surface area (Å²) in [5, 5.41) is 17.7. The number of piperazine rings is 1. The quantitative estimate of drug-likeness (QED) is 0.329. The first-order valence-electron chi connectivity index (χ1n) is 10.8. The van der Waals surface area contributed by atoms with Gasteiger partial charge in [-0.1, -0.05) is 60.7 Å². The van der Waals surface area contributed by atoms with E-state index in [1.807, 2.05) is 0 Å². The Morgan fingerprint density at radius 2 is 1.44 bits per heavy atom. The summed E-state index contributed by atoms with van der Waals surface area (Å²) in [7, 11) is 0. The second-order valence-electron chi connectivity index (χ2n) is 8.01. The number of hydrazone groups is 1. The smallest absolute Gasteiger partial charge is 0.276 e. The second-order valence-corrected chi connectivity index (χ2v) is 8.01. The van der Waals surface area contributed by atoms with Crippen molar-refractivity contribution in [2.24, 2.45) is 5.10 Å². The summed E-state index contributed by atoms with van der Waals surface area (Å²) in [6, 6.07) is 24.4. The summed E-state index contributed by atoms with van der Waals surface area (Å²) in [5.41, 5.74) is 6.13. The van der Waals surface area contributed by atoms with E-state index in [1.165, 1.54) is 28.3 Å². The van der Waals surface area contributed by atoms with E-state index in [4.69, 9.17) is 0 Å². The number of rotatable bonds is 5. The topological polar surface area (TPSA) is 62.0 Å². The van der Waals surface area contributed by atoms with Crippen LogP contribution in [-0.2, 0) is 0 Å². The molecule has 2 aliphatic rings. The van der Waals surface area contributed by atoms with Gasteiger partial charge >= 0.3 is 0 Å². The molecule has 0 aromatic heterocycles. The SMILES string of the molecule is O=[N+]([O-])c1ccccc1/C=C\C=NN1CCN(C2c3ccccc3-c3ccccc32)CC1. The fourth-order valence-electron chi connectivity index (χ4n) is 4.68. The third kappa shape index (κ3) is 3.81. The molecule has 1 aliphatic heterocycles. The van der Waals surface area contributed by atoms with Crippen molar-refractivity contribution in [3.63, 3.8) is 0 Å². The highest BCUT2D eigenvalue weighted by molar-refractivity contribution is 5.80. The molecule has 160 valence electrons. The number of nitrogens with zero attached hydrogens (tertiary/aromatic N) is 4. The highest BCUT2D eigenvalue weighted by atomic mass is 16.6. The maximum Gasteiger partial charge on any atom is 0.276 e. The molecule has 0 spiro atoms. The van der Waals surface area contributed by atoms with Gasteiger partial charge in [0.25, 0.3) is 5.69 Å². The summed E-state index contributed by atoms with van der Waals surface area (Å²) in [5.74, 6) is 0. The molecule has 0 unspecified atom stereocenters. The molecule has 0 atom stereocenters. The van der Waals surface area contributed by atoms with Crippen molar-refractivity contribution < 1.29 is 4.92 Å². The lowest BCUT2D eigenvalue weighted by Crippen LogP contribution is -2.45. The Balaban J connectivity index is 1.24. The van der Waals surface area contributed by atoms with Crippen LogP contribution < -0.4 is 0 Å². The molecule has 0 amide bonds. The third-order valence-electron chi connectivity index (χ3n) is 6.18. The number of fused-ring (bicyclic) bond motifs is 3. The van der Waals surface area contributed by atoms with Crippen molar-refractivity contribution in [1.29, 1.82) is 0 Å². The first-order chi connectivity index (χ1) is 15.7. The first-order valence-corrected chi connectivity index (χ1v) is 10.8. The number of para-hydroxylation sites is 1. The number of allylic oxidation sites excluding steroid dienone is 1. The van der Waals surface area contributed by atoms with E-state index in [-0.39, 0.29) is 10.6 Å². The van der Waals surface area contributed by atoms with Gasteiger partial charge in [0.15, 0.2) is 0 Å². The van der Waals surface area contributed by atoms with Crippen molar-refractivity contribution in [2.75, 3.05) is 26.2 Å². The van der Waals surface area contributed by atoms with Gasteiger partial charge < -0.3 is 0 Å². The van der Waals surface area contributed by atoms with Crippen LogP contribution >= 0.6 is 0 Å². The standard InChI is InChI=1S/C26H24N4O2/c31-30(32)25-14-6-1-8-20(25)9-7-15-27-29-18-16-28(17-19-29)26-23-12-4-2-10-21(23)22-11-3-5-13-24(22)26/h1-15,26H,16-19H2/b9-7-,27-15?. The number of nitro benzene ring substituents is 1. The average Bonchev–Trinajstić information content (AvgIpc) is 3.17. The maximum atomic E-state index is 11.1. The van der Waals surface area contributed by atoms with Gasteiger partial charge in [0.1, 0.15) is 0 Å². The van der Waals surface area contributed by atoms with Crippen LogP contribution in [-0.4, -0.2) is 47.2 Å². The van der Waals surface area contributed by atoms with Crippen LogP contribution in [0.3, 0.4) is 0 Å². The minimum atomic E-state index is -0.366. The molecule has 3 aromatic carbocycles. The Morgan fingerprint density at radius 1 is 0.844 bits per heavy atom. The third-order valence-corrected chi connectivity index (χ3v) is 6.18. The fraction of sp³-hybridized carbons (Fsp3) is 0.192. The molecule has 0 bridgehead atoms. The predicted octanol–water partition coefficient (Wildman–Crippen LogP) is 4.98. The Bertz CT molecular complexity index is 1150. The molecule has 1 aliphatic carbocycles. The van der Waals surface area contributed by atoms with E-state index in [1.54, 1.807) is 36.6 Å². The second kappa shape index (κ2) is 8.77. The first kappa shape index (κ1) is 20.2. The molecule has 6 heteroatoms. The lowest BCUT2D eigenvalue weighted by Gasteiger charge is -2.37. The van der Waals surface area contributed by atoms with Gasteiger partial charge in [-0.05, 0) is 40.5 Å². The van der Waals surface area contributed by atoms with Gasteiger partial charge in [0, 0.05) is 38.5 Å². The highest BCUT2D eigenvalue weighted by Crippen LogP contribution is 2.46. The van der Waals surface area contributed by atoms with Gasteiger partial charge in [-0.25, -0.2) is 0 Å². The molecular weight excluding hydrogens is 400 g/mol. The highest BCUT2D eigenvalue weighted by Gasteiger charge is 2.33. The van der Waals surface area contributed by atoms with E-state index in [9.17, 15) is 10.1 Å². The molecule has 5 rings (SSSR count). The molecule has 3 aromatic rings. The number of hydrogen-bond acceptors (Lipinski definition) is 5. The fourth-order valence-corrected chi connectivity index (χ4v) is 4.68. The van der Waals surface area contributed by atoms with Crippen molar-refractivity contribution in [3.8, 4) is 11.1 Å². The van der Waals surface area contributed by atoms with E-state index < -0.39 is 0 Å². The van der Waals surface area contributed by atoms with Gasteiger partial charge in [-0.15, -0.1) is 0 Å². The molecule has 32 heavy (non-hydrogen) atoms. The monoisotopic (exact) mass is 424 g/mol. The van der Waals surface area contributed by atoms with Crippen LogP contribution in [0.15, 0.2) is 84.0 Å². The van der Waals surface area contributed by atoms with Crippen LogP contribution in [0.25, 0.3) is 17.2 Å². The van der Waals surface area contributed by atoms with Gasteiger partial charge in [-0.2, -0.15) is 5.10 Å². The molecule has 1 heterocycles. The number of benzene rings is 3. The van der Waals surface area contributed by atoms with Gasteiger partial charge in [0.05, 0.1) is 16.5 Å². The summed E-state index contributed by atoms with van der Waals surface area (Å²) >= 11 is 0. The van der Waals surface area contributed by atoms with Crippen molar-refractivity contribution in [3.05, 3.63) is 106 Å². The zero-order valence-corrected chi connectivity index (χ0v) is 17.7. The van der Waals surface area contributed by atoms with Crippen molar-refractivity contribution >= 4 is 18.0 Å². The Morgan fingerprint density at radius 3 is 2.09 bits per heavy atom. The molecule has 0 N–H and O–H groups in total. The Labute approximate surface area is 187 Å². The summed E-state index contributed by atoms with van der Waals surface area (Å²) in [6.45, 7) is 3.55. The normalized spacial score (nSPS) is 16.6. The van der Waals surface area contributed by atoms with E-state index >= 15 is 0 Å². The summed E-state index contributed by atoms with van der Waals surface area (Å²) in [6.07, 6.45) is 5.20. The number of hydrogen-bond donors (Lipinski definition) is 0. The zero-order chi connectivity index (χ0) is 21.9. The van der Waals surface area contributed by atoms with Crippen LogP contribution in [0.1, 0.15) is 22.7 Å². The number of nitro groups is 1. The van der Waals surface area contributed by atoms with E-state index in [0.29, 0.717) is 11.6 Å². The molecule has 0 saturated carbocycles. The lowest BCUT2D eigenvalue weighted by molar-refractivity contribution is -0.385. The van der Waals surface area contributed by atoms with Crippen molar-refractivity contribution in [2.45, 2.75) is 6.04 Å². The lowest BCUT2D eigenvalue weighted by atomic mass is 10.0. The minimum Gasteiger partial charge on any atom is -0.294 e. The molecule has 6 nitrogen and oxygen atoms in total. The minimum absolute atomic E-state index is 0.0999.